The lowest BCUT2D eigenvalue weighted by molar-refractivity contribution is 0.191. The molecular weight excluding hydrogens is 244 g/mol. The molecule has 0 N–H and O–H groups in total. The molecule has 1 unspecified atom stereocenters. The van der Waals surface area contributed by atoms with E-state index in [4.69, 9.17) is 4.74 Å². The van der Waals surface area contributed by atoms with E-state index in [2.05, 4.69) is 58.0 Å². The maximum absolute atomic E-state index is 6.05. The summed E-state index contributed by atoms with van der Waals surface area (Å²) >= 11 is 0. The molecule has 20 heavy (non-hydrogen) atoms. The van der Waals surface area contributed by atoms with Crippen molar-refractivity contribution in [1.82, 2.24) is 0 Å². The zero-order valence-corrected chi connectivity index (χ0v) is 12.8. The first-order valence-corrected chi connectivity index (χ1v) is 7.43. The summed E-state index contributed by atoms with van der Waals surface area (Å²) in [6, 6.07) is 11.1. The summed E-state index contributed by atoms with van der Waals surface area (Å²) in [4.78, 5) is 0. The number of hydrogen-bond acceptors (Lipinski definition) is 1. The van der Waals surface area contributed by atoms with Gasteiger partial charge in [0.05, 0.1) is 6.10 Å². The van der Waals surface area contributed by atoms with E-state index in [1.54, 1.807) is 0 Å². The highest BCUT2D eigenvalue weighted by Gasteiger charge is 2.21. The summed E-state index contributed by atoms with van der Waals surface area (Å²) in [5.74, 6) is 1.12. The molecule has 0 aromatic heterocycles. The van der Waals surface area contributed by atoms with Crippen molar-refractivity contribution in [3.63, 3.8) is 0 Å². The van der Waals surface area contributed by atoms with Gasteiger partial charge in [-0.05, 0) is 74.4 Å². The molecule has 0 fully saturated rings. The summed E-state index contributed by atoms with van der Waals surface area (Å²) in [5.41, 5.74) is 7.95. The summed E-state index contributed by atoms with van der Waals surface area (Å²) < 4.78 is 6.05. The average molecular weight is 266 g/mol. The highest BCUT2D eigenvalue weighted by atomic mass is 16.5. The topological polar surface area (TPSA) is 9.23 Å². The van der Waals surface area contributed by atoms with Crippen molar-refractivity contribution in [1.29, 1.82) is 0 Å². The maximum atomic E-state index is 6.05. The Labute approximate surface area is 121 Å². The molecule has 2 aromatic rings. The van der Waals surface area contributed by atoms with Crippen LogP contribution in [0.15, 0.2) is 30.3 Å². The second-order valence-electron chi connectivity index (χ2n) is 6.00. The molecule has 104 valence electrons. The molecule has 1 nitrogen and oxygen atoms in total. The van der Waals surface area contributed by atoms with Gasteiger partial charge >= 0.3 is 0 Å². The van der Waals surface area contributed by atoms with Gasteiger partial charge in [-0.2, -0.15) is 0 Å². The third-order valence-electron chi connectivity index (χ3n) is 4.42. The van der Waals surface area contributed by atoms with E-state index in [-0.39, 0.29) is 0 Å². The van der Waals surface area contributed by atoms with Crippen LogP contribution in [0.2, 0.25) is 0 Å². The normalized spacial score (nSPS) is 17.5. The molecule has 0 radical (unpaired) electrons. The van der Waals surface area contributed by atoms with Crippen molar-refractivity contribution < 1.29 is 4.74 Å². The number of ether oxygens (including phenoxy) is 1. The Kier molecular flexibility index (Phi) is 3.29. The standard InChI is InChI=1S/C19H22O/c1-12-5-8-16(9-6-12)18-11-17-10-7-13(2)20-19(17)15(4)14(18)3/h5-6,8-9,11,13H,7,10H2,1-4H3. The Morgan fingerprint density at radius 2 is 1.70 bits per heavy atom. The molecular formula is C19H22O. The minimum Gasteiger partial charge on any atom is -0.490 e. The summed E-state index contributed by atoms with van der Waals surface area (Å²) in [6.45, 7) is 8.67. The monoisotopic (exact) mass is 266 g/mol. The van der Waals surface area contributed by atoms with Crippen LogP contribution in [0.1, 0.15) is 35.6 Å². The van der Waals surface area contributed by atoms with E-state index < -0.39 is 0 Å². The Balaban J connectivity index is 2.13. The zero-order chi connectivity index (χ0) is 14.3. The van der Waals surface area contributed by atoms with E-state index in [0.29, 0.717) is 6.10 Å². The molecule has 1 aliphatic heterocycles. The van der Waals surface area contributed by atoms with Gasteiger partial charge in [-0.15, -0.1) is 0 Å². The van der Waals surface area contributed by atoms with Gasteiger partial charge in [0.15, 0.2) is 0 Å². The Bertz CT molecular complexity index is 638. The first kappa shape index (κ1) is 13.2. The number of aryl methyl sites for hydroxylation is 2. The molecule has 1 heteroatoms. The van der Waals surface area contributed by atoms with Crippen molar-refractivity contribution in [2.75, 3.05) is 0 Å². The summed E-state index contributed by atoms with van der Waals surface area (Å²) in [5, 5.41) is 0. The zero-order valence-electron chi connectivity index (χ0n) is 12.8. The minimum atomic E-state index is 0.339. The number of rotatable bonds is 1. The van der Waals surface area contributed by atoms with E-state index in [1.807, 2.05) is 0 Å². The van der Waals surface area contributed by atoms with Crippen molar-refractivity contribution in [2.24, 2.45) is 0 Å². The minimum absolute atomic E-state index is 0.339. The van der Waals surface area contributed by atoms with Crippen LogP contribution >= 0.6 is 0 Å². The van der Waals surface area contributed by atoms with Crippen molar-refractivity contribution in [3.05, 3.63) is 52.6 Å². The predicted octanol–water partition coefficient (Wildman–Crippen LogP) is 4.99. The maximum Gasteiger partial charge on any atom is 0.126 e. The second kappa shape index (κ2) is 4.97. The highest BCUT2D eigenvalue weighted by Crippen LogP contribution is 2.38. The lowest BCUT2D eigenvalue weighted by atomic mass is 9.90. The van der Waals surface area contributed by atoms with Crippen LogP contribution in [0, 0.1) is 20.8 Å². The van der Waals surface area contributed by atoms with Gasteiger partial charge in [0, 0.05) is 0 Å². The molecule has 1 atom stereocenters. The van der Waals surface area contributed by atoms with Gasteiger partial charge in [0.25, 0.3) is 0 Å². The van der Waals surface area contributed by atoms with Gasteiger partial charge in [0.1, 0.15) is 5.75 Å². The molecule has 0 amide bonds. The van der Waals surface area contributed by atoms with Crippen LogP contribution in [0.3, 0.4) is 0 Å². The van der Waals surface area contributed by atoms with Gasteiger partial charge in [0.2, 0.25) is 0 Å². The van der Waals surface area contributed by atoms with Crippen LogP contribution in [-0.4, -0.2) is 6.10 Å². The first-order chi connectivity index (χ1) is 9.56. The molecule has 1 heterocycles. The Morgan fingerprint density at radius 1 is 1.00 bits per heavy atom. The highest BCUT2D eigenvalue weighted by molar-refractivity contribution is 5.72. The molecule has 0 aliphatic carbocycles. The van der Waals surface area contributed by atoms with E-state index in [9.17, 15) is 0 Å². The molecule has 0 saturated heterocycles. The summed E-state index contributed by atoms with van der Waals surface area (Å²) in [7, 11) is 0. The van der Waals surface area contributed by atoms with E-state index >= 15 is 0 Å². The Morgan fingerprint density at radius 3 is 2.40 bits per heavy atom. The third kappa shape index (κ3) is 2.22. The number of hydrogen-bond donors (Lipinski definition) is 0. The molecule has 0 spiro atoms. The SMILES string of the molecule is Cc1ccc(-c2cc3c(c(C)c2C)OC(C)CC3)cc1. The lowest BCUT2D eigenvalue weighted by Crippen LogP contribution is -2.20. The number of benzene rings is 2. The van der Waals surface area contributed by atoms with E-state index in [0.717, 1.165) is 18.6 Å². The third-order valence-corrected chi connectivity index (χ3v) is 4.42. The smallest absolute Gasteiger partial charge is 0.126 e. The van der Waals surface area contributed by atoms with E-state index in [1.165, 1.54) is 33.4 Å². The molecule has 2 aromatic carbocycles. The van der Waals surface area contributed by atoms with Crippen molar-refractivity contribution in [2.45, 2.75) is 46.6 Å². The molecule has 0 saturated carbocycles. The van der Waals surface area contributed by atoms with Crippen molar-refractivity contribution >= 4 is 0 Å². The fraction of sp³-hybridized carbons (Fsp3) is 0.368. The van der Waals surface area contributed by atoms with Crippen LogP contribution in [0.4, 0.5) is 0 Å². The molecule has 1 aliphatic rings. The fourth-order valence-corrected chi connectivity index (χ4v) is 2.96. The van der Waals surface area contributed by atoms with Crippen LogP contribution in [0.25, 0.3) is 11.1 Å². The Hall–Kier alpha value is -1.76. The first-order valence-electron chi connectivity index (χ1n) is 7.43. The fourth-order valence-electron chi connectivity index (χ4n) is 2.96. The van der Waals surface area contributed by atoms with Gasteiger partial charge in [-0.3, -0.25) is 0 Å². The van der Waals surface area contributed by atoms with Crippen LogP contribution in [0.5, 0.6) is 5.75 Å². The second-order valence-corrected chi connectivity index (χ2v) is 6.00. The molecule has 3 rings (SSSR count). The predicted molar refractivity (Wildman–Crippen MR) is 84.5 cm³/mol. The largest absolute Gasteiger partial charge is 0.490 e. The van der Waals surface area contributed by atoms with Crippen molar-refractivity contribution in [3.8, 4) is 16.9 Å². The van der Waals surface area contributed by atoms with Crippen LogP contribution < -0.4 is 4.74 Å². The average Bonchev–Trinajstić information content (AvgIpc) is 2.44. The van der Waals surface area contributed by atoms with Gasteiger partial charge < -0.3 is 4.74 Å². The van der Waals surface area contributed by atoms with Gasteiger partial charge in [-0.25, -0.2) is 0 Å². The summed E-state index contributed by atoms with van der Waals surface area (Å²) in [6.07, 6.45) is 2.57. The van der Waals surface area contributed by atoms with Gasteiger partial charge in [-0.1, -0.05) is 29.8 Å². The number of fused-ring (bicyclic) bond motifs is 1. The quantitative estimate of drug-likeness (QED) is 0.706. The molecule has 0 bridgehead atoms. The lowest BCUT2D eigenvalue weighted by Gasteiger charge is -2.27. The van der Waals surface area contributed by atoms with Crippen LogP contribution in [-0.2, 0) is 6.42 Å².